The topological polar surface area (TPSA) is 93.9 Å². The maximum Gasteiger partial charge on any atom is 0.225 e. The molecule has 9 heteroatoms. The molecule has 9 nitrogen and oxygen atoms in total. The number of carbonyl (C=O) groups is 1. The summed E-state index contributed by atoms with van der Waals surface area (Å²) in [6, 6.07) is 12.0. The summed E-state index contributed by atoms with van der Waals surface area (Å²) in [6.07, 6.45) is 7.99. The van der Waals surface area contributed by atoms with E-state index in [2.05, 4.69) is 52.5 Å². The molecule has 4 aromatic rings. The van der Waals surface area contributed by atoms with Crippen molar-refractivity contribution in [1.82, 2.24) is 19.8 Å². The van der Waals surface area contributed by atoms with E-state index in [9.17, 15) is 4.79 Å². The first-order chi connectivity index (χ1) is 19.0. The number of amides is 1. The Balaban J connectivity index is 1.62. The van der Waals surface area contributed by atoms with Gasteiger partial charge in [-0.15, -0.1) is 15.3 Å². The van der Waals surface area contributed by atoms with Gasteiger partial charge in [-0.2, -0.15) is 4.52 Å². The van der Waals surface area contributed by atoms with Crippen molar-refractivity contribution in [2.75, 3.05) is 37.5 Å². The van der Waals surface area contributed by atoms with Crippen LogP contribution in [0.4, 0.5) is 11.5 Å². The number of aromatic nitrogens is 4. The molecule has 1 fully saturated rings. The van der Waals surface area contributed by atoms with E-state index in [4.69, 9.17) is 14.6 Å². The van der Waals surface area contributed by atoms with Crippen LogP contribution in [0.2, 0.25) is 0 Å². The van der Waals surface area contributed by atoms with E-state index >= 15 is 0 Å². The van der Waals surface area contributed by atoms with E-state index in [0.29, 0.717) is 46.0 Å². The standard InChI is InChI=1S/C30H36N6O3/c1-5-6-10-27(37)31-28-25(18-21-11-12-22(17-20(21)2)35-15-8-7-9-16-35)30-33-32-29(36(30)34-28)24-19-23(38-3)13-14-26(24)39-4/h11-14,17-19H,5-10,15-16H2,1-4H3,(H,31,34,37). The smallest absolute Gasteiger partial charge is 0.225 e. The Morgan fingerprint density at radius 2 is 1.87 bits per heavy atom. The number of hydrogen-bond acceptors (Lipinski definition) is 7. The Morgan fingerprint density at radius 1 is 1.05 bits per heavy atom. The Morgan fingerprint density at radius 3 is 2.59 bits per heavy atom. The maximum atomic E-state index is 12.7. The largest absolute Gasteiger partial charge is 0.497 e. The van der Waals surface area contributed by atoms with Crippen molar-refractivity contribution in [1.29, 1.82) is 0 Å². The van der Waals surface area contributed by atoms with Gasteiger partial charge in [0.15, 0.2) is 17.3 Å². The van der Waals surface area contributed by atoms with Gasteiger partial charge in [0.2, 0.25) is 5.91 Å². The van der Waals surface area contributed by atoms with E-state index in [1.165, 1.54) is 24.9 Å². The number of nitrogens with one attached hydrogen (secondary N) is 1. The highest BCUT2D eigenvalue weighted by molar-refractivity contribution is 5.91. The number of methoxy groups -OCH3 is 2. The molecule has 0 aliphatic carbocycles. The molecule has 0 atom stereocenters. The molecule has 1 saturated heterocycles. The van der Waals surface area contributed by atoms with E-state index in [0.717, 1.165) is 37.1 Å². The van der Waals surface area contributed by atoms with Crippen LogP contribution in [0.3, 0.4) is 0 Å². The van der Waals surface area contributed by atoms with Crippen molar-refractivity contribution in [3.63, 3.8) is 0 Å². The first kappa shape index (κ1) is 26.5. The van der Waals surface area contributed by atoms with Crippen LogP contribution in [0.25, 0.3) is 23.1 Å². The van der Waals surface area contributed by atoms with Crippen molar-refractivity contribution in [2.45, 2.75) is 52.4 Å². The highest BCUT2D eigenvalue weighted by atomic mass is 16.5. The second kappa shape index (κ2) is 11.7. The Kier molecular flexibility index (Phi) is 7.95. The number of ether oxygens (including phenoxy) is 2. The highest BCUT2D eigenvalue weighted by Crippen LogP contribution is 2.32. The fraction of sp³-hybridized carbons (Fsp3) is 0.400. The molecule has 39 heavy (non-hydrogen) atoms. The molecule has 204 valence electrons. The minimum atomic E-state index is -0.0714. The van der Waals surface area contributed by atoms with E-state index in [-0.39, 0.29) is 5.91 Å². The molecule has 2 aromatic carbocycles. The molecule has 1 N–H and O–H groups in total. The molecule has 2 aromatic heterocycles. The van der Waals surface area contributed by atoms with Crippen LogP contribution in [0, 0.1) is 6.92 Å². The molecule has 1 amide bonds. The molecular weight excluding hydrogens is 492 g/mol. The van der Waals surface area contributed by atoms with Crippen molar-refractivity contribution in [3.05, 3.63) is 52.7 Å². The lowest BCUT2D eigenvalue weighted by molar-refractivity contribution is -0.116. The van der Waals surface area contributed by atoms with Crippen molar-refractivity contribution >= 4 is 29.1 Å². The lowest BCUT2D eigenvalue weighted by atomic mass is 10.0. The predicted octanol–water partition coefficient (Wildman–Crippen LogP) is 4.78. The van der Waals surface area contributed by atoms with Gasteiger partial charge in [-0.05, 0) is 80.1 Å². The zero-order valence-electron chi connectivity index (χ0n) is 23.2. The quantitative estimate of drug-likeness (QED) is 0.334. The summed E-state index contributed by atoms with van der Waals surface area (Å²) >= 11 is 0. The minimum absolute atomic E-state index is 0.0714. The molecule has 0 radical (unpaired) electrons. The van der Waals surface area contributed by atoms with Gasteiger partial charge in [0.05, 0.1) is 25.0 Å². The minimum Gasteiger partial charge on any atom is -0.497 e. The Labute approximate surface area is 228 Å². The van der Waals surface area contributed by atoms with Gasteiger partial charge in [-0.1, -0.05) is 19.4 Å². The zero-order chi connectivity index (χ0) is 27.4. The van der Waals surface area contributed by atoms with Crippen LogP contribution in [0.15, 0.2) is 36.4 Å². The van der Waals surface area contributed by atoms with E-state index in [1.54, 1.807) is 18.7 Å². The van der Waals surface area contributed by atoms with Crippen LogP contribution in [0.1, 0.15) is 56.6 Å². The first-order valence-electron chi connectivity index (χ1n) is 13.7. The van der Waals surface area contributed by atoms with Crippen molar-refractivity contribution in [3.8, 4) is 22.9 Å². The number of fused-ring (bicyclic) bond motifs is 1. The average Bonchev–Trinajstić information content (AvgIpc) is 3.52. The summed E-state index contributed by atoms with van der Waals surface area (Å²) in [5, 5.41) is 17.5. The summed E-state index contributed by atoms with van der Waals surface area (Å²) < 4.78 is 12.7. The highest BCUT2D eigenvalue weighted by Gasteiger charge is 2.20. The summed E-state index contributed by atoms with van der Waals surface area (Å²) in [7, 11) is 3.22. The zero-order valence-corrected chi connectivity index (χ0v) is 23.2. The lowest BCUT2D eigenvalue weighted by Gasteiger charge is -2.29. The Bertz CT molecular complexity index is 1520. The summed E-state index contributed by atoms with van der Waals surface area (Å²) in [6.45, 7) is 6.37. The van der Waals surface area contributed by atoms with Gasteiger partial charge in [0, 0.05) is 25.2 Å². The monoisotopic (exact) mass is 528 g/mol. The molecule has 1 aliphatic heterocycles. The molecule has 0 bridgehead atoms. The number of benzene rings is 2. The van der Waals surface area contributed by atoms with Gasteiger partial charge in [-0.3, -0.25) is 4.79 Å². The average molecular weight is 529 g/mol. The maximum absolute atomic E-state index is 12.7. The van der Waals surface area contributed by atoms with Crippen LogP contribution < -0.4 is 24.9 Å². The third-order valence-electron chi connectivity index (χ3n) is 7.27. The molecule has 0 unspecified atom stereocenters. The van der Waals surface area contributed by atoms with E-state index < -0.39 is 0 Å². The van der Waals surface area contributed by atoms with E-state index in [1.807, 2.05) is 24.3 Å². The van der Waals surface area contributed by atoms with Crippen molar-refractivity contribution < 1.29 is 14.3 Å². The van der Waals surface area contributed by atoms with Crippen LogP contribution in [-0.2, 0) is 4.79 Å². The summed E-state index contributed by atoms with van der Waals surface area (Å²) in [5.41, 5.74) is 4.69. The number of nitrogens with zero attached hydrogens (tertiary/aromatic N) is 5. The lowest BCUT2D eigenvalue weighted by Crippen LogP contribution is -2.29. The molecule has 3 heterocycles. The predicted molar refractivity (Wildman–Crippen MR) is 154 cm³/mol. The molecular formula is C30H36N6O3. The third-order valence-corrected chi connectivity index (χ3v) is 7.27. The number of hydrogen-bond donors (Lipinski definition) is 1. The van der Waals surface area contributed by atoms with Gasteiger partial charge >= 0.3 is 0 Å². The second-order valence-electron chi connectivity index (χ2n) is 9.97. The molecule has 1 aliphatic rings. The van der Waals surface area contributed by atoms with Gasteiger partial charge < -0.3 is 19.7 Å². The molecule has 0 saturated carbocycles. The first-order valence-corrected chi connectivity index (χ1v) is 13.7. The summed E-state index contributed by atoms with van der Waals surface area (Å²) in [4.78, 5) is 15.2. The van der Waals surface area contributed by atoms with Crippen LogP contribution in [-0.4, -0.2) is 53.0 Å². The van der Waals surface area contributed by atoms with Crippen LogP contribution in [0.5, 0.6) is 11.5 Å². The molecule has 5 rings (SSSR count). The molecule has 0 spiro atoms. The third kappa shape index (κ3) is 5.53. The summed E-state index contributed by atoms with van der Waals surface area (Å²) in [5.74, 6) is 2.18. The van der Waals surface area contributed by atoms with Gasteiger partial charge in [-0.25, -0.2) is 0 Å². The normalized spacial score (nSPS) is 14.2. The van der Waals surface area contributed by atoms with Crippen LogP contribution >= 0.6 is 0 Å². The van der Waals surface area contributed by atoms with Crippen molar-refractivity contribution in [2.24, 2.45) is 0 Å². The number of unbranched alkanes of at least 4 members (excludes halogenated alkanes) is 1. The fourth-order valence-electron chi connectivity index (χ4n) is 5.04. The second-order valence-corrected chi connectivity index (χ2v) is 9.97. The van der Waals surface area contributed by atoms with Gasteiger partial charge in [0.1, 0.15) is 11.5 Å². The number of rotatable bonds is 9. The number of aryl methyl sites for hydroxylation is 1. The Hall–Kier alpha value is -4.14. The van der Waals surface area contributed by atoms with Gasteiger partial charge in [0.25, 0.3) is 0 Å². The number of carbonyl (C=O) groups excluding carboxylic acids is 1. The fourth-order valence-corrected chi connectivity index (χ4v) is 5.04. The number of piperidine rings is 1. The number of anilines is 2. The SMILES string of the molecule is CCCCC(=O)Nc1nn2c(-c3cc(OC)ccc3OC)nnc2c1=Cc1ccc(N2CCCCC2)cc1C.